The Hall–Kier alpha value is -3.21. The second-order valence-corrected chi connectivity index (χ2v) is 6.38. The van der Waals surface area contributed by atoms with Crippen LogP contribution in [0.2, 0.25) is 0 Å². The average Bonchev–Trinajstić information content (AvgIpc) is 3.23. The fraction of sp³-hybridized carbons (Fsp3) is 0.190. The van der Waals surface area contributed by atoms with Gasteiger partial charge in [0, 0.05) is 41.6 Å². The molecular weight excluding hydrogens is 326 g/mol. The summed E-state index contributed by atoms with van der Waals surface area (Å²) >= 11 is 0. The number of carbonyl (C=O) groups excluding carboxylic acids is 1. The summed E-state index contributed by atoms with van der Waals surface area (Å²) in [5.41, 5.74) is 3.99. The SMILES string of the molecule is COc1ccc2c(c1)cc(C(=O)NCCc1c[nH]c3ccccc13)n2C. The minimum absolute atomic E-state index is 0.0671. The molecule has 0 aliphatic rings. The molecule has 132 valence electrons. The first kappa shape index (κ1) is 16.3. The second kappa shape index (κ2) is 6.59. The zero-order valence-corrected chi connectivity index (χ0v) is 14.9. The van der Waals surface area contributed by atoms with E-state index in [0.29, 0.717) is 12.2 Å². The van der Waals surface area contributed by atoms with Crippen LogP contribution >= 0.6 is 0 Å². The van der Waals surface area contributed by atoms with E-state index < -0.39 is 0 Å². The third kappa shape index (κ3) is 2.81. The van der Waals surface area contributed by atoms with E-state index >= 15 is 0 Å². The molecule has 0 atom stereocenters. The summed E-state index contributed by atoms with van der Waals surface area (Å²) in [6, 6.07) is 15.9. The van der Waals surface area contributed by atoms with E-state index in [1.807, 2.05) is 54.2 Å². The Labute approximate surface area is 151 Å². The third-order valence-corrected chi connectivity index (χ3v) is 4.84. The van der Waals surface area contributed by atoms with Crippen molar-refractivity contribution in [3.8, 4) is 5.75 Å². The predicted octanol–water partition coefficient (Wildman–Crippen LogP) is 3.64. The fourth-order valence-electron chi connectivity index (χ4n) is 3.41. The third-order valence-electron chi connectivity index (χ3n) is 4.84. The predicted molar refractivity (Wildman–Crippen MR) is 104 cm³/mol. The number of carbonyl (C=O) groups is 1. The molecule has 0 bridgehead atoms. The lowest BCUT2D eigenvalue weighted by molar-refractivity contribution is 0.0946. The summed E-state index contributed by atoms with van der Waals surface area (Å²) in [6.45, 7) is 0.589. The Morgan fingerprint density at radius 3 is 2.88 bits per heavy atom. The van der Waals surface area contributed by atoms with Crippen LogP contribution in [0.15, 0.2) is 54.7 Å². The van der Waals surface area contributed by atoms with Gasteiger partial charge in [-0.2, -0.15) is 0 Å². The van der Waals surface area contributed by atoms with Gasteiger partial charge in [-0.1, -0.05) is 18.2 Å². The zero-order chi connectivity index (χ0) is 18.1. The lowest BCUT2D eigenvalue weighted by atomic mass is 10.1. The molecule has 0 radical (unpaired) electrons. The molecule has 2 aromatic heterocycles. The maximum absolute atomic E-state index is 12.6. The Kier molecular flexibility index (Phi) is 4.13. The average molecular weight is 347 g/mol. The van der Waals surface area contributed by atoms with Crippen LogP contribution in [0.4, 0.5) is 0 Å². The van der Waals surface area contributed by atoms with E-state index in [1.54, 1.807) is 7.11 Å². The highest BCUT2D eigenvalue weighted by atomic mass is 16.5. The highest BCUT2D eigenvalue weighted by molar-refractivity contribution is 5.99. The van der Waals surface area contributed by atoms with Gasteiger partial charge in [0.1, 0.15) is 11.4 Å². The van der Waals surface area contributed by atoms with Gasteiger partial charge in [0.25, 0.3) is 5.91 Å². The van der Waals surface area contributed by atoms with Crippen LogP contribution in [0.1, 0.15) is 16.1 Å². The number of aromatic nitrogens is 2. The lowest BCUT2D eigenvalue weighted by Crippen LogP contribution is -2.27. The van der Waals surface area contributed by atoms with Crippen LogP contribution in [-0.2, 0) is 13.5 Å². The van der Waals surface area contributed by atoms with Crippen molar-refractivity contribution in [2.24, 2.45) is 7.05 Å². The summed E-state index contributed by atoms with van der Waals surface area (Å²) in [7, 11) is 3.55. The van der Waals surface area contributed by atoms with Crippen molar-refractivity contribution in [2.75, 3.05) is 13.7 Å². The van der Waals surface area contributed by atoms with Gasteiger partial charge in [-0.05, 0) is 42.3 Å². The van der Waals surface area contributed by atoms with Gasteiger partial charge in [-0.3, -0.25) is 4.79 Å². The van der Waals surface area contributed by atoms with E-state index in [2.05, 4.69) is 22.4 Å². The topological polar surface area (TPSA) is 59.0 Å². The molecule has 4 aromatic rings. The molecule has 0 fully saturated rings. The molecule has 0 aliphatic carbocycles. The quantitative estimate of drug-likeness (QED) is 0.579. The number of nitrogens with one attached hydrogen (secondary N) is 2. The number of ether oxygens (including phenoxy) is 1. The number of hydrogen-bond acceptors (Lipinski definition) is 2. The number of aromatic amines is 1. The highest BCUT2D eigenvalue weighted by Gasteiger charge is 2.13. The van der Waals surface area contributed by atoms with Gasteiger partial charge >= 0.3 is 0 Å². The van der Waals surface area contributed by atoms with E-state index in [4.69, 9.17) is 4.74 Å². The van der Waals surface area contributed by atoms with Crippen molar-refractivity contribution in [1.82, 2.24) is 14.9 Å². The lowest BCUT2D eigenvalue weighted by Gasteiger charge is -2.06. The van der Waals surface area contributed by atoms with Crippen molar-refractivity contribution in [2.45, 2.75) is 6.42 Å². The molecule has 0 spiro atoms. The van der Waals surface area contributed by atoms with Gasteiger partial charge in [0.05, 0.1) is 7.11 Å². The van der Waals surface area contributed by atoms with Gasteiger partial charge in [-0.15, -0.1) is 0 Å². The number of aryl methyl sites for hydroxylation is 1. The van der Waals surface area contributed by atoms with Crippen molar-refractivity contribution in [1.29, 1.82) is 0 Å². The number of H-pyrrole nitrogens is 1. The molecule has 0 saturated carbocycles. The summed E-state index contributed by atoms with van der Waals surface area (Å²) in [4.78, 5) is 15.9. The first-order valence-corrected chi connectivity index (χ1v) is 8.64. The molecule has 4 rings (SSSR count). The number of para-hydroxylation sites is 1. The largest absolute Gasteiger partial charge is 0.497 e. The maximum atomic E-state index is 12.6. The van der Waals surface area contributed by atoms with Crippen molar-refractivity contribution in [3.05, 3.63) is 66.0 Å². The Morgan fingerprint density at radius 2 is 2.04 bits per heavy atom. The number of amides is 1. The molecule has 2 aromatic carbocycles. The minimum atomic E-state index is -0.0671. The van der Waals surface area contributed by atoms with E-state index in [9.17, 15) is 4.79 Å². The number of benzene rings is 2. The van der Waals surface area contributed by atoms with Crippen LogP contribution in [0.3, 0.4) is 0 Å². The van der Waals surface area contributed by atoms with Crippen LogP contribution in [0, 0.1) is 0 Å². The fourth-order valence-corrected chi connectivity index (χ4v) is 3.41. The second-order valence-electron chi connectivity index (χ2n) is 6.38. The van der Waals surface area contributed by atoms with Crippen molar-refractivity contribution in [3.63, 3.8) is 0 Å². The van der Waals surface area contributed by atoms with E-state index in [-0.39, 0.29) is 5.91 Å². The number of methoxy groups -OCH3 is 1. The van der Waals surface area contributed by atoms with E-state index in [1.165, 1.54) is 10.9 Å². The maximum Gasteiger partial charge on any atom is 0.267 e. The number of fused-ring (bicyclic) bond motifs is 2. The first-order chi connectivity index (χ1) is 12.7. The summed E-state index contributed by atoms with van der Waals surface area (Å²) in [5.74, 6) is 0.719. The van der Waals surface area contributed by atoms with Gasteiger partial charge < -0.3 is 19.6 Å². The monoisotopic (exact) mass is 347 g/mol. The molecule has 26 heavy (non-hydrogen) atoms. The number of hydrogen-bond donors (Lipinski definition) is 2. The van der Waals surface area contributed by atoms with Crippen molar-refractivity contribution < 1.29 is 9.53 Å². The van der Waals surface area contributed by atoms with Crippen molar-refractivity contribution >= 4 is 27.7 Å². The summed E-state index contributed by atoms with van der Waals surface area (Å²) < 4.78 is 7.17. The van der Waals surface area contributed by atoms with Gasteiger partial charge in [0.2, 0.25) is 0 Å². The first-order valence-electron chi connectivity index (χ1n) is 8.64. The normalized spacial score (nSPS) is 11.2. The molecule has 5 nitrogen and oxygen atoms in total. The molecule has 0 aliphatic heterocycles. The molecule has 2 heterocycles. The summed E-state index contributed by atoms with van der Waals surface area (Å²) in [6.07, 6.45) is 2.80. The standard InChI is InChI=1S/C21H21N3O2/c1-24-19-8-7-16(26-2)11-15(19)12-20(24)21(25)22-10-9-14-13-23-18-6-4-3-5-17(14)18/h3-8,11-13,23H,9-10H2,1-2H3,(H,22,25). The minimum Gasteiger partial charge on any atom is -0.497 e. The molecule has 2 N–H and O–H groups in total. The smallest absolute Gasteiger partial charge is 0.267 e. The number of nitrogens with zero attached hydrogens (tertiary/aromatic N) is 1. The molecule has 0 saturated heterocycles. The zero-order valence-electron chi connectivity index (χ0n) is 14.9. The van der Waals surface area contributed by atoms with Gasteiger partial charge in [0.15, 0.2) is 0 Å². The van der Waals surface area contributed by atoms with Gasteiger partial charge in [-0.25, -0.2) is 0 Å². The number of rotatable bonds is 5. The molecule has 5 heteroatoms. The van der Waals surface area contributed by atoms with Crippen LogP contribution < -0.4 is 10.1 Å². The highest BCUT2D eigenvalue weighted by Crippen LogP contribution is 2.24. The van der Waals surface area contributed by atoms with Crippen LogP contribution in [0.5, 0.6) is 5.75 Å². The Bertz CT molecular complexity index is 1090. The summed E-state index contributed by atoms with van der Waals surface area (Å²) in [5, 5.41) is 5.23. The molecule has 1 amide bonds. The van der Waals surface area contributed by atoms with E-state index in [0.717, 1.165) is 28.6 Å². The molecule has 0 unspecified atom stereocenters. The van der Waals surface area contributed by atoms with Crippen LogP contribution in [-0.4, -0.2) is 29.1 Å². The van der Waals surface area contributed by atoms with Crippen LogP contribution in [0.25, 0.3) is 21.8 Å². The molecular formula is C21H21N3O2. The Balaban J connectivity index is 1.48. The Morgan fingerprint density at radius 1 is 1.19 bits per heavy atom.